The van der Waals surface area contributed by atoms with Crippen molar-refractivity contribution in [3.05, 3.63) is 47.8 Å². The van der Waals surface area contributed by atoms with Gasteiger partial charge in [0.25, 0.3) is 0 Å². The number of aromatic nitrogens is 2. The highest BCUT2D eigenvalue weighted by Gasteiger charge is 2.02. The highest BCUT2D eigenvalue weighted by molar-refractivity contribution is 5.87. The molecule has 1 aromatic carbocycles. The van der Waals surface area contributed by atoms with E-state index in [0.717, 1.165) is 11.4 Å². The van der Waals surface area contributed by atoms with Crippen LogP contribution in [0, 0.1) is 0 Å². The van der Waals surface area contributed by atoms with Crippen LogP contribution in [0.1, 0.15) is 16.1 Å². The molecule has 0 fully saturated rings. The Morgan fingerprint density at radius 3 is 2.59 bits per heavy atom. The van der Waals surface area contributed by atoms with E-state index in [1.54, 1.807) is 35.1 Å². The summed E-state index contributed by atoms with van der Waals surface area (Å²) in [5.41, 5.74) is 2.24. The van der Waals surface area contributed by atoms with Crippen LogP contribution in [-0.2, 0) is 13.6 Å². The van der Waals surface area contributed by atoms with Gasteiger partial charge in [0.1, 0.15) is 0 Å². The maximum Gasteiger partial charge on any atom is 0.335 e. The van der Waals surface area contributed by atoms with E-state index in [1.807, 2.05) is 13.1 Å². The van der Waals surface area contributed by atoms with Crippen LogP contribution in [-0.4, -0.2) is 20.9 Å². The van der Waals surface area contributed by atoms with E-state index in [9.17, 15) is 4.79 Å². The minimum Gasteiger partial charge on any atom is -0.478 e. The van der Waals surface area contributed by atoms with Gasteiger partial charge in [-0.1, -0.05) is 0 Å². The monoisotopic (exact) mass is 231 g/mol. The molecule has 0 unspecified atom stereocenters. The van der Waals surface area contributed by atoms with Crippen molar-refractivity contribution in [3.8, 4) is 0 Å². The lowest BCUT2D eigenvalue weighted by atomic mass is 10.2. The van der Waals surface area contributed by atoms with E-state index in [2.05, 4.69) is 10.4 Å². The lowest BCUT2D eigenvalue weighted by Gasteiger charge is -2.06. The molecule has 1 aromatic heterocycles. The van der Waals surface area contributed by atoms with Crippen LogP contribution in [0.5, 0.6) is 0 Å². The highest BCUT2D eigenvalue weighted by Crippen LogP contribution is 2.11. The van der Waals surface area contributed by atoms with E-state index in [-0.39, 0.29) is 5.56 Å². The van der Waals surface area contributed by atoms with E-state index in [0.29, 0.717) is 6.54 Å². The molecule has 1 heterocycles. The predicted octanol–water partition coefficient (Wildman–Crippen LogP) is 1.73. The molecule has 5 heteroatoms. The average Bonchev–Trinajstić information content (AvgIpc) is 2.73. The molecule has 2 rings (SSSR count). The molecule has 88 valence electrons. The highest BCUT2D eigenvalue weighted by atomic mass is 16.4. The number of aromatic carboxylic acids is 1. The molecule has 5 nitrogen and oxygen atoms in total. The van der Waals surface area contributed by atoms with Gasteiger partial charge in [-0.05, 0) is 30.3 Å². The van der Waals surface area contributed by atoms with Crippen molar-refractivity contribution in [3.63, 3.8) is 0 Å². The lowest BCUT2D eigenvalue weighted by Crippen LogP contribution is -2.05. The number of benzene rings is 1. The van der Waals surface area contributed by atoms with Gasteiger partial charge < -0.3 is 10.4 Å². The second-order valence-corrected chi connectivity index (χ2v) is 3.68. The zero-order valence-electron chi connectivity index (χ0n) is 9.42. The van der Waals surface area contributed by atoms with Gasteiger partial charge in [0.15, 0.2) is 0 Å². The SMILES string of the molecule is Cn1nccc1CNc1ccc(C(=O)O)cc1. The third-order valence-electron chi connectivity index (χ3n) is 2.53. The second-order valence-electron chi connectivity index (χ2n) is 3.68. The van der Waals surface area contributed by atoms with E-state index in [1.165, 1.54) is 0 Å². The van der Waals surface area contributed by atoms with E-state index >= 15 is 0 Å². The minimum atomic E-state index is -0.914. The third-order valence-corrected chi connectivity index (χ3v) is 2.53. The van der Waals surface area contributed by atoms with E-state index < -0.39 is 5.97 Å². The van der Waals surface area contributed by atoms with Crippen LogP contribution < -0.4 is 5.32 Å². The normalized spacial score (nSPS) is 10.2. The molecule has 0 spiro atoms. The van der Waals surface area contributed by atoms with Crippen molar-refractivity contribution < 1.29 is 9.90 Å². The molecule has 0 saturated heterocycles. The fourth-order valence-electron chi connectivity index (χ4n) is 1.50. The number of anilines is 1. The Labute approximate surface area is 98.7 Å². The largest absolute Gasteiger partial charge is 0.478 e. The van der Waals surface area contributed by atoms with Crippen LogP contribution in [0.4, 0.5) is 5.69 Å². The number of rotatable bonds is 4. The first-order valence-corrected chi connectivity index (χ1v) is 5.21. The van der Waals surface area contributed by atoms with Gasteiger partial charge in [-0.3, -0.25) is 4.68 Å². The summed E-state index contributed by atoms with van der Waals surface area (Å²) in [6.07, 6.45) is 1.74. The van der Waals surface area contributed by atoms with Gasteiger partial charge >= 0.3 is 5.97 Å². The molecular weight excluding hydrogens is 218 g/mol. The molecule has 2 N–H and O–H groups in total. The molecule has 0 amide bonds. The maximum atomic E-state index is 10.7. The van der Waals surface area contributed by atoms with Crippen molar-refractivity contribution in [1.29, 1.82) is 0 Å². The third kappa shape index (κ3) is 2.63. The average molecular weight is 231 g/mol. The zero-order valence-corrected chi connectivity index (χ0v) is 9.42. The van der Waals surface area contributed by atoms with Crippen molar-refractivity contribution >= 4 is 11.7 Å². The molecule has 0 aliphatic heterocycles. The summed E-state index contributed by atoms with van der Waals surface area (Å²) >= 11 is 0. The summed E-state index contributed by atoms with van der Waals surface area (Å²) in [6.45, 7) is 0.656. The van der Waals surface area contributed by atoms with Crippen LogP contribution in [0.3, 0.4) is 0 Å². The van der Waals surface area contributed by atoms with E-state index in [4.69, 9.17) is 5.11 Å². The summed E-state index contributed by atoms with van der Waals surface area (Å²) in [5.74, 6) is -0.914. The fourth-order valence-corrected chi connectivity index (χ4v) is 1.50. The number of nitrogens with one attached hydrogen (secondary N) is 1. The van der Waals surface area contributed by atoms with Gasteiger partial charge in [0.2, 0.25) is 0 Å². The minimum absolute atomic E-state index is 0.288. The summed E-state index contributed by atoms with van der Waals surface area (Å²) in [5, 5.41) is 16.0. The van der Waals surface area contributed by atoms with Gasteiger partial charge in [0.05, 0.1) is 17.8 Å². The first-order chi connectivity index (χ1) is 8.16. The van der Waals surface area contributed by atoms with Crippen LogP contribution in [0.2, 0.25) is 0 Å². The standard InChI is InChI=1S/C12H13N3O2/c1-15-11(6-7-14-15)8-13-10-4-2-9(3-5-10)12(16)17/h2-7,13H,8H2,1H3,(H,16,17). The lowest BCUT2D eigenvalue weighted by molar-refractivity contribution is 0.0697. The number of carboxylic acids is 1. The Morgan fingerprint density at radius 1 is 1.35 bits per heavy atom. The number of hydrogen-bond donors (Lipinski definition) is 2. The predicted molar refractivity (Wildman–Crippen MR) is 63.9 cm³/mol. The molecule has 0 aliphatic carbocycles. The van der Waals surface area contributed by atoms with Crippen LogP contribution >= 0.6 is 0 Å². The Kier molecular flexibility index (Phi) is 3.09. The quantitative estimate of drug-likeness (QED) is 0.841. The van der Waals surface area contributed by atoms with Crippen LogP contribution in [0.15, 0.2) is 36.5 Å². The number of nitrogens with zero attached hydrogens (tertiary/aromatic N) is 2. The van der Waals surface area contributed by atoms with Crippen molar-refractivity contribution in [2.75, 3.05) is 5.32 Å². The molecule has 0 saturated carbocycles. The summed E-state index contributed by atoms with van der Waals surface area (Å²) in [4.78, 5) is 10.7. The Bertz CT molecular complexity index is 517. The molecule has 2 aromatic rings. The molecule has 0 radical (unpaired) electrons. The fraction of sp³-hybridized carbons (Fsp3) is 0.167. The van der Waals surface area contributed by atoms with Crippen molar-refractivity contribution in [1.82, 2.24) is 9.78 Å². The molecule has 0 bridgehead atoms. The second kappa shape index (κ2) is 4.69. The Hall–Kier alpha value is -2.30. The molecule has 0 aliphatic rings. The first-order valence-electron chi connectivity index (χ1n) is 5.21. The smallest absolute Gasteiger partial charge is 0.335 e. The first kappa shape index (κ1) is 11.2. The Balaban J connectivity index is 2.00. The summed E-state index contributed by atoms with van der Waals surface area (Å²) in [7, 11) is 1.88. The molecule has 17 heavy (non-hydrogen) atoms. The molecule has 0 atom stereocenters. The number of aryl methyl sites for hydroxylation is 1. The number of carbonyl (C=O) groups is 1. The Morgan fingerprint density at radius 2 is 2.06 bits per heavy atom. The topological polar surface area (TPSA) is 67.2 Å². The van der Waals surface area contributed by atoms with Gasteiger partial charge in [-0.25, -0.2) is 4.79 Å². The van der Waals surface area contributed by atoms with Gasteiger partial charge in [-0.2, -0.15) is 5.10 Å². The van der Waals surface area contributed by atoms with Crippen LogP contribution in [0.25, 0.3) is 0 Å². The number of carboxylic acid groups (broad SMARTS) is 1. The van der Waals surface area contributed by atoms with Gasteiger partial charge in [-0.15, -0.1) is 0 Å². The van der Waals surface area contributed by atoms with Gasteiger partial charge in [0, 0.05) is 18.9 Å². The van der Waals surface area contributed by atoms with Crippen molar-refractivity contribution in [2.24, 2.45) is 7.05 Å². The molecular formula is C12H13N3O2. The number of hydrogen-bond acceptors (Lipinski definition) is 3. The summed E-state index contributed by atoms with van der Waals surface area (Å²) < 4.78 is 1.79. The maximum absolute atomic E-state index is 10.7. The summed E-state index contributed by atoms with van der Waals surface area (Å²) in [6, 6.07) is 8.58. The zero-order chi connectivity index (χ0) is 12.3. The van der Waals surface area contributed by atoms with Crippen molar-refractivity contribution in [2.45, 2.75) is 6.54 Å².